The Hall–Kier alpha value is -1.38. The molecule has 0 aromatic rings. The largest absolute Gasteiger partial charge is 0.458 e. The highest BCUT2D eigenvalue weighted by Gasteiger charge is 2.55. The average Bonchev–Trinajstić information content (AvgIpc) is 2.82. The van der Waals surface area contributed by atoms with E-state index in [1.165, 1.54) is 12.0 Å². The predicted octanol–water partition coefficient (Wildman–Crippen LogP) is 4.23. The van der Waals surface area contributed by atoms with Crippen molar-refractivity contribution in [2.45, 2.75) is 59.8 Å². The highest BCUT2D eigenvalue weighted by molar-refractivity contribution is 5.95. The summed E-state index contributed by atoms with van der Waals surface area (Å²) in [5, 5.41) is 0. The third-order valence-corrected chi connectivity index (χ3v) is 6.45. The third kappa shape index (κ3) is 2.79. The van der Waals surface area contributed by atoms with Crippen molar-refractivity contribution in [2.24, 2.45) is 22.7 Å². The van der Waals surface area contributed by atoms with Gasteiger partial charge in [-0.2, -0.15) is 0 Å². The standard InChI is InChI=1S/C20H28O3/c1-13-10-16(21)18-19(2,3)8-5-9-20(18,4)15(13)7-6-14-11-17(22)23-12-14/h10-11,15,18H,5-9,12H2,1-4H3/t15-,18-,20+/m1/s1. The van der Waals surface area contributed by atoms with Crippen LogP contribution in [-0.4, -0.2) is 18.4 Å². The van der Waals surface area contributed by atoms with Crippen molar-refractivity contribution in [1.29, 1.82) is 0 Å². The summed E-state index contributed by atoms with van der Waals surface area (Å²) >= 11 is 0. The third-order valence-electron chi connectivity index (χ3n) is 6.45. The lowest BCUT2D eigenvalue weighted by Gasteiger charge is -2.55. The zero-order valence-electron chi connectivity index (χ0n) is 14.8. The lowest BCUT2D eigenvalue weighted by molar-refractivity contribution is -0.137. The van der Waals surface area contributed by atoms with Crippen molar-refractivity contribution in [1.82, 2.24) is 0 Å². The summed E-state index contributed by atoms with van der Waals surface area (Å²) in [7, 11) is 0. The summed E-state index contributed by atoms with van der Waals surface area (Å²) < 4.78 is 5.01. The molecule has 1 fully saturated rings. The van der Waals surface area contributed by atoms with E-state index in [0.717, 1.165) is 31.3 Å². The Morgan fingerprint density at radius 2 is 1.91 bits per heavy atom. The molecule has 0 bridgehead atoms. The molecule has 0 amide bonds. The van der Waals surface area contributed by atoms with E-state index in [2.05, 4.69) is 27.7 Å². The number of hydrogen-bond acceptors (Lipinski definition) is 3. The van der Waals surface area contributed by atoms with E-state index in [0.29, 0.717) is 18.3 Å². The first-order valence-electron chi connectivity index (χ1n) is 8.82. The zero-order valence-corrected chi connectivity index (χ0v) is 14.8. The molecule has 3 aliphatic rings. The molecule has 0 N–H and O–H groups in total. The smallest absolute Gasteiger partial charge is 0.331 e. The number of ketones is 1. The molecule has 1 aliphatic heterocycles. The van der Waals surface area contributed by atoms with Gasteiger partial charge in [0.05, 0.1) is 0 Å². The number of hydrogen-bond donors (Lipinski definition) is 0. The van der Waals surface area contributed by atoms with Gasteiger partial charge in [-0.15, -0.1) is 0 Å². The first-order chi connectivity index (χ1) is 10.7. The molecule has 0 radical (unpaired) electrons. The number of rotatable bonds is 3. The Morgan fingerprint density at radius 1 is 1.17 bits per heavy atom. The molecule has 1 saturated carbocycles. The summed E-state index contributed by atoms with van der Waals surface area (Å²) in [4.78, 5) is 24.0. The Balaban J connectivity index is 1.86. The molecular formula is C20H28O3. The number of esters is 1. The summed E-state index contributed by atoms with van der Waals surface area (Å²) in [5.74, 6) is 0.646. The number of fused-ring (bicyclic) bond motifs is 1. The van der Waals surface area contributed by atoms with Crippen LogP contribution < -0.4 is 0 Å². The van der Waals surface area contributed by atoms with E-state index in [1.807, 2.05) is 6.08 Å². The lowest BCUT2D eigenvalue weighted by atomic mass is 9.48. The van der Waals surface area contributed by atoms with Crippen LogP contribution in [0.4, 0.5) is 0 Å². The second kappa shape index (κ2) is 5.61. The fourth-order valence-corrected chi connectivity index (χ4v) is 5.57. The van der Waals surface area contributed by atoms with Crippen LogP contribution in [0.2, 0.25) is 0 Å². The fourth-order valence-electron chi connectivity index (χ4n) is 5.57. The normalized spacial score (nSPS) is 36.2. The van der Waals surface area contributed by atoms with E-state index in [9.17, 15) is 9.59 Å². The van der Waals surface area contributed by atoms with Crippen LogP contribution in [0.5, 0.6) is 0 Å². The number of ether oxygens (including phenoxy) is 1. The molecule has 0 unspecified atom stereocenters. The molecule has 0 saturated heterocycles. The lowest BCUT2D eigenvalue weighted by Crippen LogP contribution is -2.52. The summed E-state index contributed by atoms with van der Waals surface area (Å²) in [5.41, 5.74) is 2.43. The first-order valence-corrected chi connectivity index (χ1v) is 8.82. The molecule has 126 valence electrons. The number of carbonyl (C=O) groups is 2. The Bertz CT molecular complexity index is 596. The maximum atomic E-state index is 12.8. The van der Waals surface area contributed by atoms with Crippen LogP contribution in [0.1, 0.15) is 59.8 Å². The molecule has 3 atom stereocenters. The molecule has 3 nitrogen and oxygen atoms in total. The van der Waals surface area contributed by atoms with Crippen molar-refractivity contribution in [3.05, 3.63) is 23.3 Å². The molecule has 3 rings (SSSR count). The van der Waals surface area contributed by atoms with Gasteiger partial charge in [0.25, 0.3) is 0 Å². The molecular weight excluding hydrogens is 288 g/mol. The Morgan fingerprint density at radius 3 is 2.57 bits per heavy atom. The molecule has 0 aromatic heterocycles. The van der Waals surface area contributed by atoms with Crippen LogP contribution in [-0.2, 0) is 14.3 Å². The molecule has 23 heavy (non-hydrogen) atoms. The number of carbonyl (C=O) groups excluding carboxylic acids is 2. The predicted molar refractivity (Wildman–Crippen MR) is 89.8 cm³/mol. The van der Waals surface area contributed by atoms with Crippen LogP contribution in [0, 0.1) is 22.7 Å². The van der Waals surface area contributed by atoms with Crippen LogP contribution >= 0.6 is 0 Å². The first kappa shape index (κ1) is 16.5. The fraction of sp³-hybridized carbons (Fsp3) is 0.700. The monoisotopic (exact) mass is 316 g/mol. The quantitative estimate of drug-likeness (QED) is 0.732. The highest BCUT2D eigenvalue weighted by Crippen LogP contribution is 2.59. The SMILES string of the molecule is CC1=CC(=O)[C@@H]2C(C)(C)CCC[C@@]2(C)[C@@H]1CCC1=CC(=O)OC1. The van der Waals surface area contributed by atoms with Gasteiger partial charge < -0.3 is 4.74 Å². The van der Waals surface area contributed by atoms with E-state index in [4.69, 9.17) is 4.74 Å². The summed E-state index contributed by atoms with van der Waals surface area (Å²) in [6, 6.07) is 0. The minimum absolute atomic E-state index is 0.0434. The molecule has 0 aromatic carbocycles. The molecule has 1 heterocycles. The zero-order chi connectivity index (χ0) is 16.8. The van der Waals surface area contributed by atoms with Crippen molar-refractivity contribution in [2.75, 3.05) is 6.61 Å². The van der Waals surface area contributed by atoms with Gasteiger partial charge in [-0.25, -0.2) is 4.79 Å². The van der Waals surface area contributed by atoms with Crippen LogP contribution in [0.15, 0.2) is 23.3 Å². The van der Waals surface area contributed by atoms with Gasteiger partial charge >= 0.3 is 5.97 Å². The topological polar surface area (TPSA) is 43.4 Å². The molecule has 2 aliphatic carbocycles. The van der Waals surface area contributed by atoms with E-state index in [-0.39, 0.29) is 22.7 Å². The van der Waals surface area contributed by atoms with Gasteiger partial charge in [-0.1, -0.05) is 32.8 Å². The van der Waals surface area contributed by atoms with E-state index < -0.39 is 0 Å². The molecule has 3 heteroatoms. The van der Waals surface area contributed by atoms with E-state index in [1.54, 1.807) is 6.08 Å². The summed E-state index contributed by atoms with van der Waals surface area (Å²) in [6.07, 6.45) is 8.87. The average molecular weight is 316 g/mol. The number of allylic oxidation sites excluding steroid dienone is 2. The van der Waals surface area contributed by atoms with Gasteiger partial charge in [0.2, 0.25) is 0 Å². The van der Waals surface area contributed by atoms with Crippen molar-refractivity contribution in [3.63, 3.8) is 0 Å². The van der Waals surface area contributed by atoms with Gasteiger partial charge in [0, 0.05) is 12.0 Å². The second-order valence-electron chi connectivity index (χ2n) is 8.57. The minimum atomic E-state index is -0.214. The van der Waals surface area contributed by atoms with Gasteiger partial charge in [0.15, 0.2) is 5.78 Å². The maximum absolute atomic E-state index is 12.8. The minimum Gasteiger partial charge on any atom is -0.458 e. The van der Waals surface area contributed by atoms with E-state index >= 15 is 0 Å². The number of cyclic esters (lactones) is 1. The van der Waals surface area contributed by atoms with Gasteiger partial charge in [0.1, 0.15) is 6.61 Å². The van der Waals surface area contributed by atoms with Crippen LogP contribution in [0.3, 0.4) is 0 Å². The second-order valence-corrected chi connectivity index (χ2v) is 8.57. The highest BCUT2D eigenvalue weighted by atomic mass is 16.5. The molecule has 0 spiro atoms. The van der Waals surface area contributed by atoms with Gasteiger partial charge in [-0.3, -0.25) is 4.79 Å². The van der Waals surface area contributed by atoms with Crippen LogP contribution in [0.25, 0.3) is 0 Å². The van der Waals surface area contributed by atoms with Crippen molar-refractivity contribution < 1.29 is 14.3 Å². The summed E-state index contributed by atoms with van der Waals surface area (Å²) in [6.45, 7) is 9.38. The van der Waals surface area contributed by atoms with Crippen molar-refractivity contribution >= 4 is 11.8 Å². The Kier molecular flexibility index (Phi) is 4.02. The Labute approximate surface area is 139 Å². The van der Waals surface area contributed by atoms with Gasteiger partial charge in [-0.05, 0) is 61.0 Å². The maximum Gasteiger partial charge on any atom is 0.331 e. The van der Waals surface area contributed by atoms with Crippen molar-refractivity contribution in [3.8, 4) is 0 Å².